The molecule has 8 nitrogen and oxygen atoms in total. The second-order valence-corrected chi connectivity index (χ2v) is 6.48. The SMILES string of the molecule is CCOc1nn(CC)cc1-c1nnc(SCC(=O)N(CC)CC)n1CC. The molecule has 1 amide bonds. The lowest BCUT2D eigenvalue weighted by Crippen LogP contribution is -2.31. The Hall–Kier alpha value is -2.03. The van der Waals surface area contributed by atoms with E-state index in [0.29, 0.717) is 30.6 Å². The Balaban J connectivity index is 2.25. The van der Waals surface area contributed by atoms with Crippen molar-refractivity contribution < 1.29 is 9.53 Å². The second-order valence-electron chi connectivity index (χ2n) is 5.54. The number of hydrogen-bond acceptors (Lipinski definition) is 6. The van der Waals surface area contributed by atoms with Crippen LogP contribution in [0.15, 0.2) is 11.4 Å². The van der Waals surface area contributed by atoms with Gasteiger partial charge in [0.25, 0.3) is 0 Å². The van der Waals surface area contributed by atoms with Crippen molar-refractivity contribution in [3.05, 3.63) is 6.20 Å². The predicted molar refractivity (Wildman–Crippen MR) is 102 cm³/mol. The van der Waals surface area contributed by atoms with Crippen LogP contribution in [0.5, 0.6) is 5.88 Å². The average Bonchev–Trinajstić information content (AvgIpc) is 3.24. The van der Waals surface area contributed by atoms with Gasteiger partial charge in [0, 0.05) is 32.4 Å². The highest BCUT2D eigenvalue weighted by atomic mass is 32.2. The molecule has 0 aromatic carbocycles. The van der Waals surface area contributed by atoms with E-state index < -0.39 is 0 Å². The fourth-order valence-corrected chi connectivity index (χ4v) is 3.54. The number of aryl methyl sites for hydroxylation is 1. The second kappa shape index (κ2) is 9.61. The Bertz CT molecular complexity index is 723. The van der Waals surface area contributed by atoms with Crippen LogP contribution in [-0.4, -0.2) is 60.8 Å². The number of thioether (sulfide) groups is 1. The summed E-state index contributed by atoms with van der Waals surface area (Å²) in [7, 11) is 0. The smallest absolute Gasteiger partial charge is 0.243 e. The van der Waals surface area contributed by atoms with E-state index in [2.05, 4.69) is 15.3 Å². The van der Waals surface area contributed by atoms with E-state index in [-0.39, 0.29) is 5.91 Å². The van der Waals surface area contributed by atoms with E-state index in [1.807, 2.05) is 55.0 Å². The molecule has 0 saturated heterocycles. The van der Waals surface area contributed by atoms with Crippen LogP contribution in [0.25, 0.3) is 11.4 Å². The summed E-state index contributed by atoms with van der Waals surface area (Å²) in [4.78, 5) is 14.1. The summed E-state index contributed by atoms with van der Waals surface area (Å²) in [6.45, 7) is 13.4. The molecule has 2 heterocycles. The first kappa shape index (κ1) is 20.3. The lowest BCUT2D eigenvalue weighted by Gasteiger charge is -2.18. The van der Waals surface area contributed by atoms with Crippen molar-refractivity contribution in [3.8, 4) is 17.3 Å². The summed E-state index contributed by atoms with van der Waals surface area (Å²) in [5.74, 6) is 1.74. The molecular weight excluding hydrogens is 352 g/mol. The number of carbonyl (C=O) groups is 1. The minimum Gasteiger partial charge on any atom is -0.476 e. The van der Waals surface area contributed by atoms with Crippen molar-refractivity contribution in [1.29, 1.82) is 0 Å². The number of aromatic nitrogens is 5. The summed E-state index contributed by atoms with van der Waals surface area (Å²) >= 11 is 1.42. The molecule has 26 heavy (non-hydrogen) atoms. The van der Waals surface area contributed by atoms with E-state index >= 15 is 0 Å². The van der Waals surface area contributed by atoms with E-state index in [1.165, 1.54) is 11.8 Å². The molecule has 0 fully saturated rings. The van der Waals surface area contributed by atoms with Gasteiger partial charge in [-0.1, -0.05) is 11.8 Å². The summed E-state index contributed by atoms with van der Waals surface area (Å²) in [6, 6.07) is 0. The van der Waals surface area contributed by atoms with Crippen molar-refractivity contribution in [2.75, 3.05) is 25.4 Å². The Morgan fingerprint density at radius 2 is 1.88 bits per heavy atom. The molecule has 9 heteroatoms. The van der Waals surface area contributed by atoms with Crippen LogP contribution in [0.1, 0.15) is 34.6 Å². The fraction of sp³-hybridized carbons (Fsp3) is 0.647. The van der Waals surface area contributed by atoms with Crippen LogP contribution in [0, 0.1) is 0 Å². The first-order valence-electron chi connectivity index (χ1n) is 9.13. The molecule has 0 radical (unpaired) electrons. The van der Waals surface area contributed by atoms with Crippen molar-refractivity contribution >= 4 is 17.7 Å². The van der Waals surface area contributed by atoms with Crippen LogP contribution in [0.4, 0.5) is 0 Å². The van der Waals surface area contributed by atoms with Gasteiger partial charge >= 0.3 is 0 Å². The van der Waals surface area contributed by atoms with Crippen molar-refractivity contribution in [2.45, 2.75) is 52.9 Å². The Morgan fingerprint density at radius 3 is 2.46 bits per heavy atom. The van der Waals surface area contributed by atoms with Crippen LogP contribution in [0.2, 0.25) is 0 Å². The molecule has 2 aromatic rings. The van der Waals surface area contributed by atoms with Gasteiger partial charge in [-0.05, 0) is 34.6 Å². The van der Waals surface area contributed by atoms with Gasteiger partial charge in [-0.15, -0.1) is 15.3 Å². The van der Waals surface area contributed by atoms with Gasteiger partial charge in [0.2, 0.25) is 11.8 Å². The highest BCUT2D eigenvalue weighted by Gasteiger charge is 2.21. The predicted octanol–water partition coefficient (Wildman–Crippen LogP) is 2.54. The number of rotatable bonds is 10. The van der Waals surface area contributed by atoms with Gasteiger partial charge in [-0.25, -0.2) is 0 Å². The molecule has 0 spiro atoms. The molecule has 144 valence electrons. The van der Waals surface area contributed by atoms with Crippen LogP contribution in [0.3, 0.4) is 0 Å². The molecule has 2 rings (SSSR count). The average molecular weight is 381 g/mol. The number of nitrogens with zero attached hydrogens (tertiary/aromatic N) is 6. The quantitative estimate of drug-likeness (QED) is 0.590. The lowest BCUT2D eigenvalue weighted by molar-refractivity contribution is -0.127. The first-order chi connectivity index (χ1) is 12.6. The molecule has 0 saturated carbocycles. The molecule has 0 aliphatic rings. The molecule has 0 aliphatic carbocycles. The summed E-state index contributed by atoms with van der Waals surface area (Å²) in [5, 5.41) is 13.8. The van der Waals surface area contributed by atoms with Crippen molar-refractivity contribution in [1.82, 2.24) is 29.4 Å². The molecular formula is C17H28N6O2S. The summed E-state index contributed by atoms with van der Waals surface area (Å²) in [5.41, 5.74) is 0.824. The number of carbonyl (C=O) groups excluding carboxylic acids is 1. The van der Waals surface area contributed by atoms with Crippen LogP contribution in [-0.2, 0) is 17.9 Å². The van der Waals surface area contributed by atoms with E-state index in [1.54, 1.807) is 0 Å². The lowest BCUT2D eigenvalue weighted by atomic mass is 10.3. The Morgan fingerprint density at radius 1 is 1.15 bits per heavy atom. The van der Waals surface area contributed by atoms with E-state index in [0.717, 1.165) is 30.4 Å². The first-order valence-corrected chi connectivity index (χ1v) is 10.1. The maximum absolute atomic E-state index is 12.3. The highest BCUT2D eigenvalue weighted by molar-refractivity contribution is 7.99. The zero-order chi connectivity index (χ0) is 19.1. The molecule has 0 aliphatic heterocycles. The molecule has 0 bridgehead atoms. The minimum atomic E-state index is 0.112. The molecule has 0 atom stereocenters. The molecule has 0 unspecified atom stereocenters. The third-order valence-electron chi connectivity index (χ3n) is 4.05. The topological polar surface area (TPSA) is 78.1 Å². The fourth-order valence-electron chi connectivity index (χ4n) is 2.64. The van der Waals surface area contributed by atoms with Crippen molar-refractivity contribution in [2.24, 2.45) is 0 Å². The van der Waals surface area contributed by atoms with Gasteiger partial charge in [-0.3, -0.25) is 9.48 Å². The standard InChI is InChI=1S/C17H28N6O2S/c1-6-21(7-2)14(24)12-26-17-19-18-15(23(17)9-4)13-11-22(8-3)20-16(13)25-10-5/h11H,6-10,12H2,1-5H3. The van der Waals surface area contributed by atoms with Crippen LogP contribution < -0.4 is 4.74 Å². The van der Waals surface area contributed by atoms with Crippen LogP contribution >= 0.6 is 11.8 Å². The number of ether oxygens (including phenoxy) is 1. The largest absolute Gasteiger partial charge is 0.476 e. The third kappa shape index (κ3) is 4.38. The Kier molecular flexibility index (Phi) is 7.50. The zero-order valence-corrected chi connectivity index (χ0v) is 17.0. The molecule has 0 N–H and O–H groups in total. The number of hydrogen-bond donors (Lipinski definition) is 0. The highest BCUT2D eigenvalue weighted by Crippen LogP contribution is 2.30. The van der Waals surface area contributed by atoms with Crippen molar-refractivity contribution in [3.63, 3.8) is 0 Å². The van der Waals surface area contributed by atoms with E-state index in [9.17, 15) is 4.79 Å². The summed E-state index contributed by atoms with van der Waals surface area (Å²) < 4.78 is 9.49. The van der Waals surface area contributed by atoms with Gasteiger partial charge in [0.05, 0.1) is 12.4 Å². The normalized spacial score (nSPS) is 11.0. The Labute approximate surface area is 158 Å². The van der Waals surface area contributed by atoms with Gasteiger partial charge in [0.1, 0.15) is 5.56 Å². The van der Waals surface area contributed by atoms with Gasteiger partial charge < -0.3 is 14.2 Å². The maximum atomic E-state index is 12.3. The van der Waals surface area contributed by atoms with E-state index in [4.69, 9.17) is 4.74 Å². The third-order valence-corrected chi connectivity index (χ3v) is 5.00. The van der Waals surface area contributed by atoms with Gasteiger partial charge in [-0.2, -0.15) is 0 Å². The maximum Gasteiger partial charge on any atom is 0.243 e. The minimum absolute atomic E-state index is 0.112. The summed E-state index contributed by atoms with van der Waals surface area (Å²) in [6.07, 6.45) is 1.93. The van der Waals surface area contributed by atoms with Gasteiger partial charge in [0.15, 0.2) is 11.0 Å². The molecule has 2 aromatic heterocycles. The monoisotopic (exact) mass is 380 g/mol. The zero-order valence-electron chi connectivity index (χ0n) is 16.2. The number of amides is 1.